The highest BCUT2D eigenvalue weighted by molar-refractivity contribution is 8.01. The van der Waals surface area contributed by atoms with Gasteiger partial charge in [-0.15, -0.1) is 10.2 Å². The van der Waals surface area contributed by atoms with Crippen LogP contribution >= 0.6 is 23.1 Å². The van der Waals surface area contributed by atoms with Crippen molar-refractivity contribution in [2.75, 3.05) is 22.5 Å². The molecular weight excluding hydrogens is 404 g/mol. The van der Waals surface area contributed by atoms with Crippen LogP contribution in [0.15, 0.2) is 46.8 Å². The predicted octanol–water partition coefficient (Wildman–Crippen LogP) is 4.09. The van der Waals surface area contributed by atoms with Crippen molar-refractivity contribution in [3.63, 3.8) is 0 Å². The Morgan fingerprint density at radius 3 is 2.69 bits per heavy atom. The molecule has 1 aliphatic rings. The molecule has 1 aromatic heterocycles. The maximum Gasteiger partial charge on any atom is 0.257 e. The molecule has 0 spiro atoms. The van der Waals surface area contributed by atoms with Crippen LogP contribution in [-0.4, -0.2) is 34.3 Å². The van der Waals surface area contributed by atoms with E-state index in [-0.39, 0.29) is 17.6 Å². The second-order valence-corrected chi connectivity index (χ2v) is 9.12. The Morgan fingerprint density at radius 1 is 1.14 bits per heavy atom. The van der Waals surface area contributed by atoms with Gasteiger partial charge in [0.05, 0.1) is 5.75 Å². The smallest absolute Gasteiger partial charge is 0.257 e. The summed E-state index contributed by atoms with van der Waals surface area (Å²) < 4.78 is 0.654. The zero-order chi connectivity index (χ0) is 20.4. The third kappa shape index (κ3) is 4.49. The Morgan fingerprint density at radius 2 is 1.90 bits per heavy atom. The minimum atomic E-state index is -0.214. The van der Waals surface area contributed by atoms with Gasteiger partial charge in [-0.05, 0) is 44.0 Å². The first-order valence-corrected chi connectivity index (χ1v) is 11.0. The average molecular weight is 425 g/mol. The van der Waals surface area contributed by atoms with E-state index in [9.17, 15) is 9.59 Å². The summed E-state index contributed by atoms with van der Waals surface area (Å²) in [7, 11) is 0. The quantitative estimate of drug-likeness (QED) is 0.493. The van der Waals surface area contributed by atoms with Crippen LogP contribution in [0.5, 0.6) is 0 Å². The van der Waals surface area contributed by atoms with E-state index >= 15 is 0 Å². The lowest BCUT2D eigenvalue weighted by molar-refractivity contribution is -0.116. The summed E-state index contributed by atoms with van der Waals surface area (Å²) in [5, 5.41) is 11.3. The van der Waals surface area contributed by atoms with Gasteiger partial charge in [-0.25, -0.2) is 0 Å². The Kier molecular flexibility index (Phi) is 5.64. The van der Waals surface area contributed by atoms with Crippen LogP contribution in [-0.2, 0) is 11.2 Å². The highest BCUT2D eigenvalue weighted by Crippen LogP contribution is 2.30. The molecule has 2 heterocycles. The van der Waals surface area contributed by atoms with Crippen molar-refractivity contribution in [2.24, 2.45) is 0 Å². The number of aromatic nitrogens is 2. The highest BCUT2D eigenvalue weighted by Gasteiger charge is 2.24. The van der Waals surface area contributed by atoms with Crippen molar-refractivity contribution < 1.29 is 9.59 Å². The van der Waals surface area contributed by atoms with Gasteiger partial charge in [0, 0.05) is 17.8 Å². The van der Waals surface area contributed by atoms with E-state index in [1.54, 1.807) is 0 Å². The first-order chi connectivity index (χ1) is 14.0. The van der Waals surface area contributed by atoms with Gasteiger partial charge in [0.15, 0.2) is 4.34 Å². The molecule has 0 saturated heterocycles. The Balaban J connectivity index is 1.35. The van der Waals surface area contributed by atoms with Crippen molar-refractivity contribution in [1.29, 1.82) is 0 Å². The normalized spacial score (nSPS) is 12.7. The third-order valence-electron chi connectivity index (χ3n) is 4.62. The number of benzene rings is 2. The maximum atomic E-state index is 12.6. The van der Waals surface area contributed by atoms with Crippen LogP contribution in [0.3, 0.4) is 0 Å². The van der Waals surface area contributed by atoms with Crippen molar-refractivity contribution in [3.8, 4) is 0 Å². The number of nitrogens with one attached hydrogen (secondary N) is 1. The van der Waals surface area contributed by atoms with Gasteiger partial charge in [-0.2, -0.15) is 0 Å². The highest BCUT2D eigenvalue weighted by atomic mass is 32.2. The van der Waals surface area contributed by atoms with Crippen LogP contribution < -0.4 is 10.2 Å². The molecule has 1 aliphatic heterocycles. The first kappa shape index (κ1) is 19.6. The van der Waals surface area contributed by atoms with E-state index < -0.39 is 0 Å². The summed E-state index contributed by atoms with van der Waals surface area (Å²) in [6.07, 6.45) is 0.889. The molecule has 1 N–H and O–H groups in total. The molecular formula is C21H20N4O2S2. The number of fused-ring (bicyclic) bond motifs is 1. The number of nitrogens with zero attached hydrogens (tertiary/aromatic N) is 3. The fourth-order valence-corrected chi connectivity index (χ4v) is 5.02. The van der Waals surface area contributed by atoms with Crippen molar-refractivity contribution in [3.05, 3.63) is 64.7 Å². The van der Waals surface area contributed by atoms with E-state index in [2.05, 4.69) is 21.6 Å². The molecule has 0 radical (unpaired) electrons. The van der Waals surface area contributed by atoms with Crippen molar-refractivity contribution in [1.82, 2.24) is 10.2 Å². The lowest BCUT2D eigenvalue weighted by Crippen LogP contribution is -2.30. The number of hydrogen-bond donors (Lipinski definition) is 1. The van der Waals surface area contributed by atoms with Crippen LogP contribution in [0.25, 0.3) is 0 Å². The third-order valence-corrected chi connectivity index (χ3v) is 6.57. The molecule has 3 aromatic rings. The lowest BCUT2D eigenvalue weighted by atomic mass is 10.1. The number of anilines is 2. The van der Waals surface area contributed by atoms with Crippen LogP contribution in [0.2, 0.25) is 0 Å². The molecule has 29 heavy (non-hydrogen) atoms. The van der Waals surface area contributed by atoms with Gasteiger partial charge in [-0.3, -0.25) is 14.9 Å². The number of aryl methyl sites for hydroxylation is 2. The summed E-state index contributed by atoms with van der Waals surface area (Å²) in [6.45, 7) is 4.63. The molecule has 0 aliphatic carbocycles. The zero-order valence-electron chi connectivity index (χ0n) is 16.1. The number of para-hydroxylation sites is 1. The maximum absolute atomic E-state index is 12.6. The zero-order valence-corrected chi connectivity index (χ0v) is 17.8. The first-order valence-electron chi connectivity index (χ1n) is 9.24. The molecule has 0 saturated carbocycles. The fourth-order valence-electron chi connectivity index (χ4n) is 3.39. The van der Waals surface area contributed by atoms with Gasteiger partial charge in [0.1, 0.15) is 0 Å². The van der Waals surface area contributed by atoms with Crippen LogP contribution in [0.4, 0.5) is 10.8 Å². The van der Waals surface area contributed by atoms with Crippen molar-refractivity contribution in [2.45, 2.75) is 24.6 Å². The second kappa shape index (κ2) is 8.34. The molecule has 2 amide bonds. The molecule has 0 unspecified atom stereocenters. The molecule has 148 valence electrons. The largest absolute Gasteiger partial charge is 0.311 e. The number of hydrogen-bond acceptors (Lipinski definition) is 6. The molecule has 0 atom stereocenters. The van der Waals surface area contributed by atoms with Gasteiger partial charge in [0.2, 0.25) is 11.0 Å². The Bertz CT molecular complexity index is 1060. The number of rotatable bonds is 5. The van der Waals surface area contributed by atoms with E-state index in [0.29, 0.717) is 21.6 Å². The minimum Gasteiger partial charge on any atom is -0.311 e. The SMILES string of the molecule is Cc1cc(C)cc(C(=O)Nc2nnc(SCC(=O)N3CCc4ccccc43)s2)c1. The standard InChI is InChI=1S/C21H20N4O2S2/c1-13-9-14(2)11-16(10-13)19(27)22-20-23-24-21(29-20)28-12-18(26)25-8-7-15-5-3-4-6-17(15)25/h3-6,9-11H,7-8,12H2,1-2H3,(H,22,23,27). The van der Waals surface area contributed by atoms with E-state index in [4.69, 9.17) is 0 Å². The number of thioether (sulfide) groups is 1. The van der Waals surface area contributed by atoms with E-state index in [0.717, 1.165) is 23.2 Å². The molecule has 4 rings (SSSR count). The number of carbonyl (C=O) groups excluding carboxylic acids is 2. The summed E-state index contributed by atoms with van der Waals surface area (Å²) in [5.41, 5.74) is 4.86. The van der Waals surface area contributed by atoms with Gasteiger partial charge in [0.25, 0.3) is 5.91 Å². The molecule has 6 nitrogen and oxygen atoms in total. The minimum absolute atomic E-state index is 0.0518. The summed E-state index contributed by atoms with van der Waals surface area (Å²) in [4.78, 5) is 26.9. The molecule has 8 heteroatoms. The van der Waals surface area contributed by atoms with Gasteiger partial charge < -0.3 is 4.90 Å². The fraction of sp³-hybridized carbons (Fsp3) is 0.238. The second-order valence-electron chi connectivity index (χ2n) is 6.92. The monoisotopic (exact) mass is 424 g/mol. The number of carbonyl (C=O) groups is 2. The number of amides is 2. The molecule has 0 fully saturated rings. The van der Waals surface area contributed by atoms with Gasteiger partial charge >= 0.3 is 0 Å². The average Bonchev–Trinajstić information content (AvgIpc) is 3.32. The summed E-state index contributed by atoms with van der Waals surface area (Å²) in [5.74, 6) is 0.124. The van der Waals surface area contributed by atoms with Crippen molar-refractivity contribution >= 4 is 45.7 Å². The van der Waals surface area contributed by atoms with E-state index in [1.807, 2.05) is 55.1 Å². The van der Waals surface area contributed by atoms with Crippen LogP contribution in [0.1, 0.15) is 27.0 Å². The Hall–Kier alpha value is -2.71. The van der Waals surface area contributed by atoms with Crippen LogP contribution in [0, 0.1) is 13.8 Å². The Labute approximate surface area is 177 Å². The molecule has 0 bridgehead atoms. The predicted molar refractivity (Wildman–Crippen MR) is 117 cm³/mol. The van der Waals surface area contributed by atoms with E-state index in [1.165, 1.54) is 28.7 Å². The summed E-state index contributed by atoms with van der Waals surface area (Å²) in [6, 6.07) is 13.7. The summed E-state index contributed by atoms with van der Waals surface area (Å²) >= 11 is 2.61. The topological polar surface area (TPSA) is 75.2 Å². The lowest BCUT2D eigenvalue weighted by Gasteiger charge is -2.16. The van der Waals surface area contributed by atoms with Gasteiger partial charge in [-0.1, -0.05) is 58.5 Å². The molecule has 2 aromatic carbocycles.